The smallest absolute Gasteiger partial charge is 0.0349 e. The van der Waals surface area contributed by atoms with Gasteiger partial charge in [-0.2, -0.15) is 0 Å². The Morgan fingerprint density at radius 3 is 3.00 bits per heavy atom. The van der Waals surface area contributed by atoms with E-state index in [1.54, 1.807) is 0 Å². The van der Waals surface area contributed by atoms with Gasteiger partial charge >= 0.3 is 0 Å². The van der Waals surface area contributed by atoms with Gasteiger partial charge in [-0.15, -0.1) is 0 Å². The Kier molecular flexibility index (Phi) is 3.01. The van der Waals surface area contributed by atoms with Gasteiger partial charge in [0.1, 0.15) is 0 Å². The van der Waals surface area contributed by atoms with Crippen molar-refractivity contribution < 1.29 is 0 Å². The second-order valence-corrected chi connectivity index (χ2v) is 5.63. The fourth-order valence-corrected chi connectivity index (χ4v) is 2.13. The number of rotatable bonds is 2. The summed E-state index contributed by atoms with van der Waals surface area (Å²) in [5.74, 6) is 0. The Morgan fingerprint density at radius 2 is 2.21 bits per heavy atom. The molecule has 1 aromatic heterocycles. The lowest BCUT2D eigenvalue weighted by Gasteiger charge is -2.07. The minimum absolute atomic E-state index is 0.665. The second-order valence-electron chi connectivity index (χ2n) is 3.50. The predicted octanol–water partition coefficient (Wildman–Crippen LogP) is 3.60. The van der Waals surface area contributed by atoms with E-state index < -0.39 is 0 Å². The first-order chi connectivity index (χ1) is 6.77. The molecule has 2 rings (SSSR count). The Hall–Kier alpha value is -0.640. The van der Waals surface area contributed by atoms with Gasteiger partial charge < -0.3 is 0 Å². The summed E-state index contributed by atoms with van der Waals surface area (Å²) < 4.78 is 0.665. The minimum Gasteiger partial charge on any atom is -0.264 e. The average Bonchev–Trinajstić information content (AvgIpc) is 2.18. The normalized spacial score (nSPS) is 13.0. The molecule has 0 saturated heterocycles. The van der Waals surface area contributed by atoms with Crippen molar-refractivity contribution in [3.05, 3.63) is 42.2 Å². The van der Waals surface area contributed by atoms with E-state index in [-0.39, 0.29) is 0 Å². The molecule has 1 heterocycles. The quantitative estimate of drug-likeness (QED) is 0.609. The molecule has 0 fully saturated rings. The summed E-state index contributed by atoms with van der Waals surface area (Å²) in [5.41, 5.74) is 1.40. The highest BCUT2D eigenvalue weighted by Crippen LogP contribution is 2.20. The van der Waals surface area contributed by atoms with E-state index in [0.717, 1.165) is 6.42 Å². The number of halogens is 1. The van der Waals surface area contributed by atoms with Gasteiger partial charge in [-0.05, 0) is 23.4 Å². The van der Waals surface area contributed by atoms with Crippen LogP contribution >= 0.6 is 22.6 Å². The van der Waals surface area contributed by atoms with Crippen LogP contribution in [0.1, 0.15) is 12.5 Å². The van der Waals surface area contributed by atoms with Crippen LogP contribution in [-0.4, -0.2) is 8.91 Å². The van der Waals surface area contributed by atoms with E-state index in [9.17, 15) is 0 Å². The predicted molar refractivity (Wildman–Crippen MR) is 68.9 cm³/mol. The van der Waals surface area contributed by atoms with Crippen LogP contribution in [0.4, 0.5) is 0 Å². The summed E-state index contributed by atoms with van der Waals surface area (Å²) in [4.78, 5) is 4.18. The topological polar surface area (TPSA) is 12.9 Å². The van der Waals surface area contributed by atoms with Crippen LogP contribution in [0.5, 0.6) is 0 Å². The van der Waals surface area contributed by atoms with E-state index in [1.165, 1.54) is 16.3 Å². The molecule has 0 aliphatic carbocycles. The van der Waals surface area contributed by atoms with E-state index in [1.807, 2.05) is 12.4 Å². The molecule has 2 aromatic rings. The molecule has 1 nitrogen and oxygen atoms in total. The Bertz CT molecular complexity index is 432. The SMILES string of the molecule is CC(I)Cc1cccc2ccncc12. The molecular weight excluding hydrogens is 285 g/mol. The highest BCUT2D eigenvalue weighted by atomic mass is 127. The summed E-state index contributed by atoms with van der Waals surface area (Å²) >= 11 is 2.46. The molecule has 2 heteroatoms. The molecule has 0 bridgehead atoms. The van der Waals surface area contributed by atoms with Gasteiger partial charge in [0.25, 0.3) is 0 Å². The number of nitrogens with zero attached hydrogens (tertiary/aromatic N) is 1. The van der Waals surface area contributed by atoms with E-state index in [2.05, 4.69) is 58.8 Å². The minimum atomic E-state index is 0.665. The van der Waals surface area contributed by atoms with Crippen LogP contribution in [-0.2, 0) is 6.42 Å². The molecule has 0 N–H and O–H groups in total. The lowest BCUT2D eigenvalue weighted by Crippen LogP contribution is -1.97. The Balaban J connectivity index is 2.53. The van der Waals surface area contributed by atoms with Crippen molar-refractivity contribution in [2.45, 2.75) is 17.3 Å². The Labute approximate surface area is 97.7 Å². The van der Waals surface area contributed by atoms with Crippen LogP contribution in [0, 0.1) is 0 Å². The largest absolute Gasteiger partial charge is 0.264 e. The lowest BCUT2D eigenvalue weighted by molar-refractivity contribution is 0.985. The van der Waals surface area contributed by atoms with Gasteiger partial charge in [0, 0.05) is 21.7 Å². The molecule has 1 aromatic carbocycles. The third-order valence-electron chi connectivity index (χ3n) is 2.28. The number of hydrogen-bond donors (Lipinski definition) is 0. The van der Waals surface area contributed by atoms with Crippen molar-refractivity contribution in [3.8, 4) is 0 Å². The summed E-state index contributed by atoms with van der Waals surface area (Å²) in [6.45, 7) is 2.23. The number of fused-ring (bicyclic) bond motifs is 1. The zero-order valence-corrected chi connectivity index (χ0v) is 10.2. The van der Waals surface area contributed by atoms with Crippen molar-refractivity contribution in [2.24, 2.45) is 0 Å². The molecule has 0 amide bonds. The molecule has 0 radical (unpaired) electrons. The number of benzene rings is 1. The first-order valence-corrected chi connectivity index (χ1v) is 5.97. The van der Waals surface area contributed by atoms with E-state index in [4.69, 9.17) is 0 Å². The number of aromatic nitrogens is 1. The van der Waals surface area contributed by atoms with Gasteiger partial charge in [0.2, 0.25) is 0 Å². The maximum absolute atomic E-state index is 4.18. The van der Waals surface area contributed by atoms with Crippen LogP contribution in [0.3, 0.4) is 0 Å². The van der Waals surface area contributed by atoms with Crippen molar-refractivity contribution in [3.63, 3.8) is 0 Å². The third-order valence-corrected chi connectivity index (χ3v) is 2.72. The van der Waals surface area contributed by atoms with E-state index in [0.29, 0.717) is 3.92 Å². The van der Waals surface area contributed by atoms with Gasteiger partial charge in [-0.3, -0.25) is 4.98 Å². The van der Waals surface area contributed by atoms with Crippen LogP contribution in [0.25, 0.3) is 10.8 Å². The number of alkyl halides is 1. The highest BCUT2D eigenvalue weighted by Gasteiger charge is 2.03. The zero-order valence-electron chi connectivity index (χ0n) is 8.07. The summed E-state index contributed by atoms with van der Waals surface area (Å²) in [7, 11) is 0. The molecule has 1 unspecified atom stereocenters. The lowest BCUT2D eigenvalue weighted by atomic mass is 10.0. The van der Waals surface area contributed by atoms with Crippen LogP contribution < -0.4 is 0 Å². The Morgan fingerprint density at radius 1 is 1.36 bits per heavy atom. The van der Waals surface area contributed by atoms with Crippen molar-refractivity contribution in [2.75, 3.05) is 0 Å². The molecular formula is C12H12IN. The maximum atomic E-state index is 4.18. The standard InChI is InChI=1S/C12H12IN/c1-9(13)7-11-4-2-3-10-5-6-14-8-12(10)11/h2-6,8-9H,7H2,1H3. The monoisotopic (exact) mass is 297 g/mol. The van der Waals surface area contributed by atoms with E-state index >= 15 is 0 Å². The molecule has 0 aliphatic heterocycles. The van der Waals surface area contributed by atoms with Gasteiger partial charge in [-0.25, -0.2) is 0 Å². The van der Waals surface area contributed by atoms with Gasteiger partial charge in [-0.1, -0.05) is 47.7 Å². The molecule has 72 valence electrons. The molecule has 0 spiro atoms. The summed E-state index contributed by atoms with van der Waals surface area (Å²) in [5, 5.41) is 2.58. The maximum Gasteiger partial charge on any atom is 0.0349 e. The first-order valence-electron chi connectivity index (χ1n) is 4.73. The molecule has 1 atom stereocenters. The fraction of sp³-hybridized carbons (Fsp3) is 0.250. The van der Waals surface area contributed by atoms with Crippen molar-refractivity contribution in [1.29, 1.82) is 0 Å². The van der Waals surface area contributed by atoms with Crippen LogP contribution in [0.2, 0.25) is 0 Å². The highest BCUT2D eigenvalue weighted by molar-refractivity contribution is 14.1. The second kappa shape index (κ2) is 4.26. The average molecular weight is 297 g/mol. The van der Waals surface area contributed by atoms with Gasteiger partial charge in [0.05, 0.1) is 0 Å². The number of pyridine rings is 1. The van der Waals surface area contributed by atoms with Crippen molar-refractivity contribution >= 4 is 33.4 Å². The van der Waals surface area contributed by atoms with Crippen molar-refractivity contribution in [1.82, 2.24) is 4.98 Å². The van der Waals surface area contributed by atoms with Crippen LogP contribution in [0.15, 0.2) is 36.7 Å². The van der Waals surface area contributed by atoms with Gasteiger partial charge in [0.15, 0.2) is 0 Å². The number of hydrogen-bond acceptors (Lipinski definition) is 1. The molecule has 14 heavy (non-hydrogen) atoms. The first kappa shape index (κ1) is 9.90. The third kappa shape index (κ3) is 2.05. The molecule has 0 saturated carbocycles. The summed E-state index contributed by atoms with van der Waals surface area (Å²) in [6.07, 6.45) is 4.92. The zero-order chi connectivity index (χ0) is 9.97. The fourth-order valence-electron chi connectivity index (χ4n) is 1.66. The molecule has 0 aliphatic rings. The summed E-state index contributed by atoms with van der Waals surface area (Å²) in [6, 6.07) is 8.52.